The van der Waals surface area contributed by atoms with Crippen LogP contribution in [-0.4, -0.2) is 155 Å². The molecular formula is C68H88N12O14S. The van der Waals surface area contributed by atoms with Gasteiger partial charge in [0.2, 0.25) is 5.95 Å². The minimum atomic E-state index is -3.11. The summed E-state index contributed by atoms with van der Waals surface area (Å²) in [5.74, 6) is 0.854. The van der Waals surface area contributed by atoms with Crippen LogP contribution in [0.3, 0.4) is 0 Å². The minimum Gasteiger partial charge on any atom is -0.481 e. The number of rotatable bonds is 20. The molecule has 5 aromatic heterocycles. The molecule has 0 spiro atoms. The van der Waals surface area contributed by atoms with Crippen molar-refractivity contribution in [3.05, 3.63) is 175 Å². The number of aliphatic hydroxyl groups excluding tert-OH is 2. The van der Waals surface area contributed by atoms with Crippen LogP contribution < -0.4 is 27.2 Å². The number of carboxylic acids is 1. The number of pyridine rings is 1. The molecule has 1 amide bonds. The molecule has 3 saturated heterocycles. The lowest BCUT2D eigenvalue weighted by molar-refractivity contribution is -0.142. The first-order chi connectivity index (χ1) is 45.7. The fourth-order valence-corrected chi connectivity index (χ4v) is 11.6. The van der Waals surface area contributed by atoms with E-state index in [4.69, 9.17) is 47.2 Å². The van der Waals surface area contributed by atoms with Gasteiger partial charge in [-0.2, -0.15) is 4.98 Å². The second-order valence-corrected chi connectivity index (χ2v) is 23.8. The number of nitrogens with two attached hydrogens (primary N) is 1. The maximum Gasteiger partial charge on any atom is 0.425 e. The highest BCUT2D eigenvalue weighted by atomic mass is 32.2. The van der Waals surface area contributed by atoms with E-state index in [-0.39, 0.29) is 42.9 Å². The number of H-pyrrole nitrogens is 1. The van der Waals surface area contributed by atoms with Gasteiger partial charge in [-0.1, -0.05) is 80.8 Å². The number of nitrogens with zero attached hydrogens (tertiary/aromatic N) is 9. The van der Waals surface area contributed by atoms with E-state index in [9.17, 15) is 24.3 Å². The number of carbonyl (C=O) groups is 2. The predicted molar refractivity (Wildman–Crippen MR) is 357 cm³/mol. The molecule has 0 saturated carbocycles. The summed E-state index contributed by atoms with van der Waals surface area (Å²) in [6, 6.07) is 27.4. The van der Waals surface area contributed by atoms with Crippen LogP contribution in [0.2, 0.25) is 0 Å². The number of nitrogen functional groups attached to an aromatic ring is 1. The monoisotopic (exact) mass is 1330 g/mol. The predicted octanol–water partition coefficient (Wildman–Crippen LogP) is 7.36. The number of aliphatic carboxylic acids is 1. The third kappa shape index (κ3) is 21.3. The van der Waals surface area contributed by atoms with Gasteiger partial charge >= 0.3 is 22.3 Å². The number of carbonyl (C=O) groups excluding carboxylic acids is 1. The first-order valence-corrected chi connectivity index (χ1v) is 33.0. The van der Waals surface area contributed by atoms with E-state index in [1.165, 1.54) is 17.5 Å². The number of anilines is 2. The molecule has 27 heteroatoms. The van der Waals surface area contributed by atoms with Crippen molar-refractivity contribution in [1.29, 1.82) is 0 Å². The number of morpholine rings is 1. The molecule has 0 radical (unpaired) electrons. The standard InChI is InChI=1S/C34H44N4O4.C18H16N4O.C8H12N4O4.C8H16O2.O3S/c1-5-38(29-10-14-41-15-11-29)32-20-28(27-8-6-26(7-9-27)22-37-12-16-42-17-13-37)19-30(25(32)4)33(39)35-21-31-23(2)18-24(3)36-34(31)40;1-13-4-6-14(7-5-13)16-11-19-17(22-12-20-21-18(16)22)9-8-15-3-2-10-23-15;9-7-10-3-12(8(15)11-7)6-1-4(14)5(2-13)16-6;1-3-5-7(6-4-2)8(9)10;1-4(2)3/h6-9,18-20,29H,5,10-17,21-22H2,1-4H3,(H,35,39)(H,36,40);2-7,10-12H,8-9H2,1H3;3-6,13-14H,1-2H2,(H2,9,11,15);7H,3-6H2,1-2H3,(H,9,10);/t;;4-,5-,6-;;/m..1../s1. The summed E-state index contributed by atoms with van der Waals surface area (Å²) in [5.41, 5.74) is 16.9. The number of benzene rings is 3. The average molecular weight is 1330 g/mol. The van der Waals surface area contributed by atoms with Gasteiger partial charge in [-0.15, -0.1) is 22.8 Å². The second-order valence-electron chi connectivity index (χ2n) is 23.4. The summed E-state index contributed by atoms with van der Waals surface area (Å²) in [6.45, 7) is 20.7. The number of hydrogen-bond acceptors (Lipinski definition) is 21. The van der Waals surface area contributed by atoms with E-state index in [2.05, 4.69) is 114 Å². The Morgan fingerprint density at radius 2 is 1.53 bits per heavy atom. The Balaban J connectivity index is 0.000000200. The SMILES string of the molecule is CCCC(CCC)C(=O)O.CCN(c1cc(-c2ccc(CN3CCOCC3)cc2)cc(C(=O)NCc2c(C)cc(C)[nH]c2=O)c1C)C1CCOCC1.Cc1ccc(-c2cnc(CCc3ccco3)n3cnnc23)cc1.Nc1ncn([C@H]2C[C@@H](O)[C@@H](CO)O2)c(=O)n1.O=S(=O)=O. The Morgan fingerprint density at radius 1 is 0.853 bits per heavy atom. The Morgan fingerprint density at radius 3 is 2.13 bits per heavy atom. The summed E-state index contributed by atoms with van der Waals surface area (Å²) in [6.07, 6.45) is 11.6. The molecule has 26 nitrogen and oxygen atoms in total. The molecule has 0 bridgehead atoms. The number of aromatic nitrogens is 8. The fraction of sp³-hybridized carbons (Fsp3) is 0.456. The van der Waals surface area contributed by atoms with Gasteiger partial charge in [0.15, 0.2) is 5.65 Å². The topological polar surface area (TPSA) is 355 Å². The van der Waals surface area contributed by atoms with Crippen molar-refractivity contribution in [2.75, 3.05) is 63.3 Å². The molecule has 0 unspecified atom stereocenters. The lowest BCUT2D eigenvalue weighted by atomic mass is 9.94. The molecule has 3 aliphatic heterocycles. The third-order valence-electron chi connectivity index (χ3n) is 16.6. The van der Waals surface area contributed by atoms with Crippen LogP contribution >= 0.6 is 0 Å². The number of aromatic amines is 1. The Kier molecular flexibility index (Phi) is 28.4. The van der Waals surface area contributed by atoms with Crippen molar-refractivity contribution >= 4 is 39.8 Å². The van der Waals surface area contributed by atoms with E-state index in [0.717, 1.165) is 171 Å². The van der Waals surface area contributed by atoms with Crippen molar-refractivity contribution in [2.24, 2.45) is 5.92 Å². The molecular weight excluding hydrogens is 1240 g/mol. The van der Waals surface area contributed by atoms with Gasteiger partial charge in [-0.3, -0.25) is 28.3 Å². The van der Waals surface area contributed by atoms with Gasteiger partial charge < -0.3 is 54.9 Å². The zero-order chi connectivity index (χ0) is 68.6. The lowest BCUT2D eigenvalue weighted by Crippen LogP contribution is -2.40. The van der Waals surface area contributed by atoms with E-state index in [0.29, 0.717) is 17.2 Å². The van der Waals surface area contributed by atoms with Crippen LogP contribution in [0.15, 0.2) is 118 Å². The lowest BCUT2D eigenvalue weighted by Gasteiger charge is -2.37. The zero-order valence-corrected chi connectivity index (χ0v) is 55.8. The van der Waals surface area contributed by atoms with E-state index in [1.54, 1.807) is 12.6 Å². The smallest absolute Gasteiger partial charge is 0.425 e. The van der Waals surface area contributed by atoms with Crippen LogP contribution in [0.5, 0.6) is 0 Å². The second kappa shape index (κ2) is 36.7. The molecule has 8 aromatic rings. The van der Waals surface area contributed by atoms with Crippen molar-refractivity contribution in [3.63, 3.8) is 0 Å². The van der Waals surface area contributed by atoms with E-state index in [1.807, 2.05) is 69.5 Å². The number of amides is 1. The third-order valence-corrected chi connectivity index (χ3v) is 16.6. The zero-order valence-electron chi connectivity index (χ0n) is 55.0. The van der Waals surface area contributed by atoms with Gasteiger partial charge in [0.05, 0.1) is 38.1 Å². The number of hydrogen-bond donors (Lipinski definition) is 6. The number of aliphatic hydroxyl groups is 2. The number of carboxylic acid groups (broad SMARTS) is 1. The number of furan rings is 1. The highest BCUT2D eigenvalue weighted by Crippen LogP contribution is 2.35. The normalized spacial score (nSPS) is 16.3. The molecule has 7 N–H and O–H groups in total. The maximum atomic E-state index is 13.7. The quantitative estimate of drug-likeness (QED) is 0.0434. The molecule has 11 rings (SSSR count). The number of fused-ring (bicyclic) bond motifs is 1. The van der Waals surface area contributed by atoms with Crippen molar-refractivity contribution in [3.8, 4) is 22.3 Å². The number of aryl methyl sites for hydroxylation is 5. The molecule has 510 valence electrons. The van der Waals surface area contributed by atoms with Crippen LogP contribution in [0.1, 0.15) is 127 Å². The first kappa shape index (κ1) is 73.6. The molecule has 0 aliphatic carbocycles. The molecule has 3 atom stereocenters. The van der Waals surface area contributed by atoms with Gasteiger partial charge in [0.1, 0.15) is 36.6 Å². The highest BCUT2D eigenvalue weighted by molar-refractivity contribution is 7.59. The maximum absolute atomic E-state index is 13.7. The Hall–Kier alpha value is -8.83. The van der Waals surface area contributed by atoms with Gasteiger partial charge in [-0.05, 0) is 124 Å². The average Bonchev–Trinajstić information content (AvgIpc) is 1.52. The van der Waals surface area contributed by atoms with E-state index >= 15 is 0 Å². The summed E-state index contributed by atoms with van der Waals surface area (Å²) < 4.78 is 50.2. The van der Waals surface area contributed by atoms with Gasteiger partial charge in [-0.25, -0.2) is 14.8 Å². The number of nitrogens with one attached hydrogen (secondary N) is 2. The summed E-state index contributed by atoms with van der Waals surface area (Å²) in [7, 11) is -3.11. The molecule has 3 aromatic carbocycles. The molecule has 95 heavy (non-hydrogen) atoms. The molecule has 3 fully saturated rings. The Bertz CT molecular complexity index is 3970. The van der Waals surface area contributed by atoms with E-state index < -0.39 is 40.7 Å². The van der Waals surface area contributed by atoms with Gasteiger partial charge in [0.25, 0.3) is 11.5 Å². The molecule has 3 aliphatic rings. The summed E-state index contributed by atoms with van der Waals surface area (Å²) >= 11 is 0. The van der Waals surface area contributed by atoms with Crippen molar-refractivity contribution < 1.29 is 56.2 Å². The van der Waals surface area contributed by atoms with Crippen LogP contribution in [0.4, 0.5) is 11.6 Å². The largest absolute Gasteiger partial charge is 0.481 e. The van der Waals surface area contributed by atoms with Gasteiger partial charge in [0, 0.05) is 106 Å². The fourth-order valence-electron chi connectivity index (χ4n) is 11.6. The van der Waals surface area contributed by atoms with Crippen molar-refractivity contribution in [1.82, 2.24) is 49.3 Å². The van der Waals surface area contributed by atoms with Crippen molar-refractivity contribution in [2.45, 2.75) is 144 Å². The number of ether oxygens (including phenoxy) is 3. The minimum absolute atomic E-state index is 0.102. The van der Waals surface area contributed by atoms with Crippen LogP contribution in [0.25, 0.3) is 27.9 Å². The Labute approximate surface area is 553 Å². The summed E-state index contributed by atoms with van der Waals surface area (Å²) in [4.78, 5) is 67.7. The highest BCUT2D eigenvalue weighted by Gasteiger charge is 2.35. The van der Waals surface area contributed by atoms with Crippen LogP contribution in [-0.2, 0) is 55.5 Å². The molecule has 8 heterocycles. The first-order valence-electron chi connectivity index (χ1n) is 32.0. The summed E-state index contributed by atoms with van der Waals surface area (Å²) in [5, 5.41) is 38.4. The van der Waals surface area contributed by atoms with Crippen LogP contribution in [0, 0.1) is 33.6 Å².